The number of nitrogens with zero attached hydrogens (tertiary/aromatic N) is 2. The molecule has 1 aromatic rings. The Kier molecular flexibility index (Phi) is 3.34. The lowest BCUT2D eigenvalue weighted by Crippen LogP contribution is -2.24. The Morgan fingerprint density at radius 1 is 1.71 bits per heavy atom. The van der Waals surface area contributed by atoms with Crippen LogP contribution in [0.5, 0.6) is 5.88 Å². The number of hydrogen-bond acceptors (Lipinski definition) is 3. The van der Waals surface area contributed by atoms with E-state index in [-0.39, 0.29) is 11.8 Å². The molecule has 0 spiro atoms. The highest BCUT2D eigenvalue weighted by atomic mass is 79.9. The normalized spacial score (nSPS) is 19.2. The van der Waals surface area contributed by atoms with E-state index in [1.165, 1.54) is 7.11 Å². The molecule has 0 N–H and O–H groups in total. The summed E-state index contributed by atoms with van der Waals surface area (Å²) in [5.74, 6) is 3.10. The van der Waals surface area contributed by atoms with Gasteiger partial charge in [0, 0.05) is 31.1 Å². The molecule has 1 amide bonds. The van der Waals surface area contributed by atoms with Crippen molar-refractivity contribution in [3.8, 4) is 18.2 Å². The molecule has 1 unspecified atom stereocenters. The maximum absolute atomic E-state index is 11.8. The summed E-state index contributed by atoms with van der Waals surface area (Å²) in [6.07, 6.45) is 7.36. The highest BCUT2D eigenvalue weighted by molar-refractivity contribution is 9.10. The smallest absolute Gasteiger partial charge is 0.228 e. The van der Waals surface area contributed by atoms with Crippen molar-refractivity contribution in [2.45, 2.75) is 6.42 Å². The van der Waals surface area contributed by atoms with Gasteiger partial charge in [-0.05, 0) is 15.9 Å². The average molecular weight is 295 g/mol. The molecule has 1 aromatic heterocycles. The summed E-state index contributed by atoms with van der Waals surface area (Å²) in [6.45, 7) is 0.543. The summed E-state index contributed by atoms with van der Waals surface area (Å²) in [5.41, 5.74) is 0.750. The van der Waals surface area contributed by atoms with Crippen LogP contribution < -0.4 is 9.64 Å². The Hall–Kier alpha value is -1.54. The Morgan fingerprint density at radius 3 is 3.06 bits per heavy atom. The zero-order valence-corrected chi connectivity index (χ0v) is 10.9. The van der Waals surface area contributed by atoms with Crippen LogP contribution in [0, 0.1) is 18.3 Å². The van der Waals surface area contributed by atoms with Crippen LogP contribution in [0.15, 0.2) is 16.7 Å². The standard InChI is InChI=1S/C12H11BrN2O2/c1-3-8-4-12(16)15(7-8)10-5-11(17-2)14-6-9(10)13/h1,5-6,8H,4,7H2,2H3. The fourth-order valence-corrected chi connectivity index (χ4v) is 2.21. The van der Waals surface area contributed by atoms with Crippen molar-refractivity contribution in [2.75, 3.05) is 18.6 Å². The second-order valence-corrected chi connectivity index (χ2v) is 4.60. The molecule has 0 aromatic carbocycles. The van der Waals surface area contributed by atoms with Crippen molar-refractivity contribution >= 4 is 27.5 Å². The molecule has 2 rings (SSSR count). The summed E-state index contributed by atoms with van der Waals surface area (Å²) in [6, 6.07) is 1.72. The molecule has 0 bridgehead atoms. The molecule has 1 fully saturated rings. The van der Waals surface area contributed by atoms with Gasteiger partial charge in [-0.2, -0.15) is 0 Å². The van der Waals surface area contributed by atoms with E-state index in [9.17, 15) is 4.79 Å². The number of hydrogen-bond donors (Lipinski definition) is 0. The first-order chi connectivity index (χ1) is 8.15. The Labute approximate surface area is 108 Å². The fraction of sp³-hybridized carbons (Fsp3) is 0.333. The van der Waals surface area contributed by atoms with Gasteiger partial charge in [-0.15, -0.1) is 12.3 Å². The first-order valence-electron chi connectivity index (χ1n) is 5.11. The van der Waals surface area contributed by atoms with Gasteiger partial charge in [-0.1, -0.05) is 0 Å². The largest absolute Gasteiger partial charge is 0.481 e. The van der Waals surface area contributed by atoms with Gasteiger partial charge >= 0.3 is 0 Å². The molecule has 1 aliphatic heterocycles. The SMILES string of the molecule is C#CC1CC(=O)N(c2cc(OC)ncc2Br)C1. The maximum atomic E-state index is 11.8. The predicted molar refractivity (Wildman–Crippen MR) is 67.8 cm³/mol. The number of methoxy groups -OCH3 is 1. The van der Waals surface area contributed by atoms with E-state index in [4.69, 9.17) is 11.2 Å². The molecule has 2 heterocycles. The lowest BCUT2D eigenvalue weighted by molar-refractivity contribution is -0.117. The van der Waals surface area contributed by atoms with E-state index in [1.54, 1.807) is 17.2 Å². The third-order valence-corrected chi connectivity index (χ3v) is 3.28. The Morgan fingerprint density at radius 2 is 2.47 bits per heavy atom. The van der Waals surface area contributed by atoms with Gasteiger partial charge in [0.25, 0.3) is 0 Å². The Bertz CT molecular complexity index is 496. The predicted octanol–water partition coefficient (Wildman–Crippen LogP) is 1.84. The number of aromatic nitrogens is 1. The van der Waals surface area contributed by atoms with Crippen molar-refractivity contribution in [1.29, 1.82) is 0 Å². The number of carbonyl (C=O) groups excluding carboxylic acids is 1. The van der Waals surface area contributed by atoms with Gasteiger partial charge < -0.3 is 9.64 Å². The third kappa shape index (κ3) is 2.27. The van der Waals surface area contributed by atoms with Crippen LogP contribution in [0.25, 0.3) is 0 Å². The second kappa shape index (κ2) is 4.76. The molecule has 1 atom stereocenters. The van der Waals surface area contributed by atoms with Crippen LogP contribution in [0.3, 0.4) is 0 Å². The average Bonchev–Trinajstić information content (AvgIpc) is 2.71. The molecule has 1 aliphatic rings. The molecule has 88 valence electrons. The minimum atomic E-state index is -0.0199. The van der Waals surface area contributed by atoms with Crippen LogP contribution in [0.2, 0.25) is 0 Å². The zero-order chi connectivity index (χ0) is 12.4. The van der Waals surface area contributed by atoms with E-state index in [0.29, 0.717) is 18.8 Å². The molecular formula is C12H11BrN2O2. The quantitative estimate of drug-likeness (QED) is 0.782. The highest BCUT2D eigenvalue weighted by Gasteiger charge is 2.30. The van der Waals surface area contributed by atoms with Crippen LogP contribution in [-0.2, 0) is 4.79 Å². The van der Waals surface area contributed by atoms with Gasteiger partial charge in [-0.3, -0.25) is 4.79 Å². The van der Waals surface area contributed by atoms with E-state index < -0.39 is 0 Å². The summed E-state index contributed by atoms with van der Waals surface area (Å²) in [5, 5.41) is 0. The number of pyridine rings is 1. The van der Waals surface area contributed by atoms with Crippen LogP contribution in [0.4, 0.5) is 5.69 Å². The topological polar surface area (TPSA) is 42.4 Å². The monoisotopic (exact) mass is 294 g/mol. The summed E-state index contributed by atoms with van der Waals surface area (Å²) in [7, 11) is 1.54. The second-order valence-electron chi connectivity index (χ2n) is 3.75. The number of carbonyl (C=O) groups is 1. The molecule has 0 radical (unpaired) electrons. The molecule has 4 nitrogen and oxygen atoms in total. The van der Waals surface area contributed by atoms with Gasteiger partial charge in [-0.25, -0.2) is 4.98 Å². The number of ether oxygens (including phenoxy) is 1. The van der Waals surface area contributed by atoms with Crippen molar-refractivity contribution in [3.63, 3.8) is 0 Å². The minimum Gasteiger partial charge on any atom is -0.481 e. The van der Waals surface area contributed by atoms with Gasteiger partial charge in [0.15, 0.2) is 0 Å². The molecule has 1 saturated heterocycles. The lowest BCUT2D eigenvalue weighted by Gasteiger charge is -2.17. The van der Waals surface area contributed by atoms with E-state index in [2.05, 4.69) is 26.8 Å². The van der Waals surface area contributed by atoms with Crippen LogP contribution >= 0.6 is 15.9 Å². The van der Waals surface area contributed by atoms with Gasteiger partial charge in [0.05, 0.1) is 17.3 Å². The fourth-order valence-electron chi connectivity index (χ4n) is 1.78. The third-order valence-electron chi connectivity index (χ3n) is 2.67. The number of halogens is 1. The van der Waals surface area contributed by atoms with Gasteiger partial charge in [0.1, 0.15) is 0 Å². The molecule has 17 heavy (non-hydrogen) atoms. The molecule has 5 heteroatoms. The van der Waals surface area contributed by atoms with E-state index in [0.717, 1.165) is 10.2 Å². The number of terminal acetylenes is 1. The van der Waals surface area contributed by atoms with Crippen molar-refractivity contribution in [1.82, 2.24) is 4.98 Å². The Balaban J connectivity index is 2.34. The van der Waals surface area contributed by atoms with Crippen molar-refractivity contribution < 1.29 is 9.53 Å². The highest BCUT2D eigenvalue weighted by Crippen LogP contribution is 2.32. The minimum absolute atomic E-state index is 0.0199. The molecule has 0 saturated carbocycles. The van der Waals surface area contributed by atoms with Crippen molar-refractivity contribution in [2.24, 2.45) is 5.92 Å². The summed E-state index contributed by atoms with van der Waals surface area (Å²) in [4.78, 5) is 17.6. The summed E-state index contributed by atoms with van der Waals surface area (Å²) < 4.78 is 5.80. The number of anilines is 1. The molecular weight excluding hydrogens is 284 g/mol. The lowest BCUT2D eigenvalue weighted by atomic mass is 10.1. The zero-order valence-electron chi connectivity index (χ0n) is 9.31. The summed E-state index contributed by atoms with van der Waals surface area (Å²) >= 11 is 3.38. The maximum Gasteiger partial charge on any atom is 0.228 e. The van der Waals surface area contributed by atoms with Crippen molar-refractivity contribution in [3.05, 3.63) is 16.7 Å². The van der Waals surface area contributed by atoms with Gasteiger partial charge in [0.2, 0.25) is 11.8 Å². The first kappa shape index (κ1) is 11.9. The number of amides is 1. The molecule has 0 aliphatic carbocycles. The van der Waals surface area contributed by atoms with Crippen LogP contribution in [0.1, 0.15) is 6.42 Å². The van der Waals surface area contributed by atoms with E-state index >= 15 is 0 Å². The van der Waals surface area contributed by atoms with E-state index in [1.807, 2.05) is 0 Å². The number of rotatable bonds is 2. The van der Waals surface area contributed by atoms with Crippen LogP contribution in [-0.4, -0.2) is 24.5 Å². The first-order valence-corrected chi connectivity index (χ1v) is 5.91.